The SMILES string of the molecule is CSc1nc2c(-c3cc(OCC(F)(F)F)ccn3)c(C(F)(F)F)c(C)cc2[nH]1. The van der Waals surface area contributed by atoms with E-state index in [0.29, 0.717) is 10.7 Å². The van der Waals surface area contributed by atoms with E-state index in [9.17, 15) is 26.3 Å². The van der Waals surface area contributed by atoms with E-state index in [4.69, 9.17) is 0 Å². The number of benzene rings is 1. The zero-order valence-electron chi connectivity index (χ0n) is 14.5. The standard InChI is InChI=1S/C17H13F6N3OS/c1-8-5-11-14(26-15(25-11)28-2)12(13(8)17(21,22)23)10-6-9(3-4-24-10)27-7-16(18,19)20/h3-6H,7H2,1-2H3,(H,25,26). The zero-order valence-corrected chi connectivity index (χ0v) is 15.3. The molecule has 0 spiro atoms. The van der Waals surface area contributed by atoms with Gasteiger partial charge < -0.3 is 9.72 Å². The fourth-order valence-electron chi connectivity index (χ4n) is 2.78. The van der Waals surface area contributed by atoms with Crippen LogP contribution in [0.15, 0.2) is 29.6 Å². The molecule has 1 N–H and O–H groups in total. The second kappa shape index (κ2) is 7.19. The molecule has 2 aromatic heterocycles. The summed E-state index contributed by atoms with van der Waals surface area (Å²) in [7, 11) is 0. The summed E-state index contributed by atoms with van der Waals surface area (Å²) in [4.78, 5) is 11.0. The predicted molar refractivity (Wildman–Crippen MR) is 92.4 cm³/mol. The first-order valence-corrected chi connectivity index (χ1v) is 9.02. The third-order valence-electron chi connectivity index (χ3n) is 3.82. The topological polar surface area (TPSA) is 50.8 Å². The first kappa shape index (κ1) is 20.3. The van der Waals surface area contributed by atoms with Gasteiger partial charge in [-0.1, -0.05) is 11.8 Å². The Hall–Kier alpha value is -2.43. The minimum absolute atomic E-state index is 0.0303. The average Bonchev–Trinajstić information content (AvgIpc) is 3.00. The van der Waals surface area contributed by atoms with Crippen LogP contribution in [0.1, 0.15) is 11.1 Å². The lowest BCUT2D eigenvalue weighted by Gasteiger charge is -2.17. The Kier molecular flexibility index (Phi) is 5.22. The van der Waals surface area contributed by atoms with E-state index < -0.39 is 24.5 Å². The van der Waals surface area contributed by atoms with Crippen molar-refractivity contribution < 1.29 is 31.1 Å². The van der Waals surface area contributed by atoms with Crippen molar-refractivity contribution in [2.75, 3.05) is 12.9 Å². The highest BCUT2D eigenvalue weighted by Gasteiger charge is 2.38. The summed E-state index contributed by atoms with van der Waals surface area (Å²) in [6.07, 6.45) is -6.49. The van der Waals surface area contributed by atoms with E-state index in [0.717, 1.165) is 18.3 Å². The van der Waals surface area contributed by atoms with Crippen LogP contribution >= 0.6 is 11.8 Å². The zero-order chi connectivity index (χ0) is 20.7. The number of imidazole rings is 1. The van der Waals surface area contributed by atoms with Gasteiger partial charge in [0.15, 0.2) is 11.8 Å². The van der Waals surface area contributed by atoms with E-state index in [1.54, 1.807) is 6.26 Å². The van der Waals surface area contributed by atoms with Crippen LogP contribution in [0.4, 0.5) is 26.3 Å². The first-order valence-electron chi connectivity index (χ1n) is 7.80. The van der Waals surface area contributed by atoms with Gasteiger partial charge in [0, 0.05) is 17.8 Å². The molecule has 3 rings (SSSR count). The van der Waals surface area contributed by atoms with Crippen LogP contribution in [0.25, 0.3) is 22.3 Å². The number of aromatic nitrogens is 3. The smallest absolute Gasteiger partial charge is 0.422 e. The summed E-state index contributed by atoms with van der Waals surface area (Å²) in [5, 5.41) is 0.402. The number of halogens is 6. The third kappa shape index (κ3) is 4.18. The maximum atomic E-state index is 13.8. The molecule has 0 atom stereocenters. The van der Waals surface area contributed by atoms with Crippen molar-refractivity contribution in [1.29, 1.82) is 0 Å². The van der Waals surface area contributed by atoms with Crippen molar-refractivity contribution in [2.45, 2.75) is 24.4 Å². The molecular formula is C17H13F6N3OS. The second-order valence-corrected chi connectivity index (χ2v) is 6.66. The van der Waals surface area contributed by atoms with Crippen LogP contribution in [0, 0.1) is 6.92 Å². The van der Waals surface area contributed by atoms with Crippen molar-refractivity contribution in [3.8, 4) is 17.0 Å². The van der Waals surface area contributed by atoms with Gasteiger partial charge in [0.1, 0.15) is 5.75 Å². The molecule has 0 aliphatic rings. The highest BCUT2D eigenvalue weighted by atomic mass is 32.2. The van der Waals surface area contributed by atoms with Crippen molar-refractivity contribution in [1.82, 2.24) is 15.0 Å². The number of rotatable bonds is 4. The molecule has 0 unspecified atom stereocenters. The molecule has 0 fully saturated rings. The van der Waals surface area contributed by atoms with Gasteiger partial charge >= 0.3 is 12.4 Å². The highest BCUT2D eigenvalue weighted by Crippen LogP contribution is 2.43. The maximum Gasteiger partial charge on any atom is 0.422 e. The van der Waals surface area contributed by atoms with Gasteiger partial charge in [0.05, 0.1) is 22.3 Å². The van der Waals surface area contributed by atoms with E-state index >= 15 is 0 Å². The Balaban J connectivity index is 2.22. The van der Waals surface area contributed by atoms with E-state index in [-0.39, 0.29) is 28.1 Å². The molecule has 0 radical (unpaired) electrons. The summed E-state index contributed by atoms with van der Waals surface area (Å²) < 4.78 is 83.1. The molecule has 150 valence electrons. The molecule has 0 aliphatic carbocycles. The molecule has 0 aliphatic heterocycles. The van der Waals surface area contributed by atoms with Crippen LogP contribution in [0.5, 0.6) is 5.75 Å². The number of hydrogen-bond donors (Lipinski definition) is 1. The normalized spacial score (nSPS) is 12.6. The molecule has 2 heterocycles. The number of fused-ring (bicyclic) bond motifs is 1. The number of nitrogens with one attached hydrogen (secondary N) is 1. The number of hydrogen-bond acceptors (Lipinski definition) is 4. The lowest BCUT2D eigenvalue weighted by atomic mass is 9.96. The number of thioether (sulfide) groups is 1. The Bertz CT molecular complexity index is 1010. The van der Waals surface area contributed by atoms with Gasteiger partial charge in [0.2, 0.25) is 0 Å². The molecule has 28 heavy (non-hydrogen) atoms. The number of pyridine rings is 1. The van der Waals surface area contributed by atoms with Crippen LogP contribution < -0.4 is 4.74 Å². The van der Waals surface area contributed by atoms with Gasteiger partial charge in [-0.25, -0.2) is 4.98 Å². The van der Waals surface area contributed by atoms with E-state index in [1.807, 2.05) is 0 Å². The van der Waals surface area contributed by atoms with Crippen molar-refractivity contribution >= 4 is 22.8 Å². The molecule has 0 saturated carbocycles. The largest absolute Gasteiger partial charge is 0.484 e. The van der Waals surface area contributed by atoms with Crippen LogP contribution in [-0.2, 0) is 6.18 Å². The summed E-state index contributed by atoms with van der Waals surface area (Å²) >= 11 is 1.21. The van der Waals surface area contributed by atoms with Gasteiger partial charge in [-0.3, -0.25) is 4.98 Å². The molecular weight excluding hydrogens is 408 g/mol. The lowest BCUT2D eigenvalue weighted by Crippen LogP contribution is -2.19. The quantitative estimate of drug-likeness (QED) is 0.439. The lowest BCUT2D eigenvalue weighted by molar-refractivity contribution is -0.153. The van der Waals surface area contributed by atoms with Crippen LogP contribution in [-0.4, -0.2) is 34.0 Å². The van der Waals surface area contributed by atoms with Gasteiger partial charge in [-0.15, -0.1) is 0 Å². The number of aromatic amines is 1. The number of aryl methyl sites for hydroxylation is 1. The number of ether oxygens (including phenoxy) is 1. The number of H-pyrrole nitrogens is 1. The third-order valence-corrected chi connectivity index (χ3v) is 4.40. The monoisotopic (exact) mass is 421 g/mol. The average molecular weight is 421 g/mol. The minimum atomic E-state index is -4.71. The fraction of sp³-hybridized carbons (Fsp3) is 0.294. The number of alkyl halides is 6. The Morgan fingerprint density at radius 1 is 1.14 bits per heavy atom. The molecule has 0 amide bonds. The number of nitrogens with zero attached hydrogens (tertiary/aromatic N) is 2. The van der Waals surface area contributed by atoms with E-state index in [1.165, 1.54) is 24.8 Å². The Labute approximate surface area is 159 Å². The summed E-state index contributed by atoms with van der Waals surface area (Å²) in [5.74, 6) is -0.245. The van der Waals surface area contributed by atoms with Crippen LogP contribution in [0.2, 0.25) is 0 Å². The highest BCUT2D eigenvalue weighted by molar-refractivity contribution is 7.98. The summed E-state index contributed by atoms with van der Waals surface area (Å²) in [6, 6.07) is 3.52. The summed E-state index contributed by atoms with van der Waals surface area (Å²) in [6.45, 7) is -0.264. The summed E-state index contributed by atoms with van der Waals surface area (Å²) in [5.41, 5.74) is -1.10. The molecule has 1 aromatic carbocycles. The second-order valence-electron chi connectivity index (χ2n) is 5.86. The maximum absolute atomic E-state index is 13.8. The van der Waals surface area contributed by atoms with Gasteiger partial charge in [-0.05, 0) is 30.9 Å². The molecule has 3 aromatic rings. The molecule has 11 heteroatoms. The predicted octanol–water partition coefficient (Wildman–Crippen LogP) is 5.62. The Morgan fingerprint density at radius 2 is 1.86 bits per heavy atom. The van der Waals surface area contributed by atoms with Crippen LogP contribution in [0.3, 0.4) is 0 Å². The molecule has 4 nitrogen and oxygen atoms in total. The van der Waals surface area contributed by atoms with E-state index in [2.05, 4.69) is 19.7 Å². The van der Waals surface area contributed by atoms with Crippen molar-refractivity contribution in [3.05, 3.63) is 35.5 Å². The Morgan fingerprint density at radius 3 is 2.46 bits per heavy atom. The van der Waals surface area contributed by atoms with Gasteiger partial charge in [-0.2, -0.15) is 26.3 Å². The van der Waals surface area contributed by atoms with Crippen molar-refractivity contribution in [2.24, 2.45) is 0 Å². The minimum Gasteiger partial charge on any atom is -0.484 e. The van der Waals surface area contributed by atoms with Gasteiger partial charge in [0.25, 0.3) is 0 Å². The fourth-order valence-corrected chi connectivity index (χ4v) is 3.17. The first-order chi connectivity index (χ1) is 13.0. The van der Waals surface area contributed by atoms with Crippen molar-refractivity contribution in [3.63, 3.8) is 0 Å². The molecule has 0 saturated heterocycles. The molecule has 0 bridgehead atoms.